The highest BCUT2D eigenvalue weighted by atomic mass is 16.5. The third-order valence-corrected chi connectivity index (χ3v) is 5.11. The van der Waals surface area contributed by atoms with Crippen LogP contribution >= 0.6 is 0 Å². The van der Waals surface area contributed by atoms with Gasteiger partial charge in [0.15, 0.2) is 0 Å². The van der Waals surface area contributed by atoms with Crippen LogP contribution in [0, 0.1) is 0 Å². The third kappa shape index (κ3) is 4.32. The average Bonchev–Trinajstić information content (AvgIpc) is 3.16. The first-order chi connectivity index (χ1) is 15.6. The molecule has 1 aliphatic heterocycles. The molecular formula is C27H23NO4. The topological polar surface area (TPSA) is 55.8 Å². The van der Waals surface area contributed by atoms with Crippen LogP contribution in [0.5, 0.6) is 5.75 Å². The normalized spacial score (nSPS) is 14.4. The van der Waals surface area contributed by atoms with E-state index in [-0.39, 0.29) is 5.91 Å². The molecule has 3 aromatic carbocycles. The molecule has 0 saturated heterocycles. The van der Waals surface area contributed by atoms with Crippen molar-refractivity contribution in [1.29, 1.82) is 0 Å². The Morgan fingerprint density at radius 3 is 2.25 bits per heavy atom. The molecular weight excluding hydrogens is 402 g/mol. The summed E-state index contributed by atoms with van der Waals surface area (Å²) in [4.78, 5) is 26.9. The fourth-order valence-corrected chi connectivity index (χ4v) is 3.56. The van der Waals surface area contributed by atoms with Gasteiger partial charge in [-0.25, -0.2) is 4.79 Å². The lowest BCUT2D eigenvalue weighted by molar-refractivity contribution is -0.113. The number of methoxy groups -OCH3 is 1. The summed E-state index contributed by atoms with van der Waals surface area (Å²) in [5.74, 6) is 0.239. The number of rotatable bonds is 6. The lowest BCUT2D eigenvalue weighted by Crippen LogP contribution is -2.25. The molecule has 4 rings (SSSR count). The quantitative estimate of drug-likeness (QED) is 0.395. The largest absolute Gasteiger partial charge is 0.494 e. The summed E-state index contributed by atoms with van der Waals surface area (Å²) in [6, 6.07) is 24.2. The Bertz CT molecular complexity index is 1180. The number of hydrogen-bond donors (Lipinski definition) is 0. The molecule has 160 valence electrons. The van der Waals surface area contributed by atoms with Crippen molar-refractivity contribution < 1.29 is 19.1 Å². The van der Waals surface area contributed by atoms with Crippen molar-refractivity contribution in [3.63, 3.8) is 0 Å². The minimum Gasteiger partial charge on any atom is -0.494 e. The van der Waals surface area contributed by atoms with Gasteiger partial charge < -0.3 is 9.47 Å². The van der Waals surface area contributed by atoms with Gasteiger partial charge in [0.2, 0.25) is 0 Å². The minimum atomic E-state index is -0.417. The van der Waals surface area contributed by atoms with E-state index in [2.05, 4.69) is 0 Å². The van der Waals surface area contributed by atoms with Crippen LogP contribution in [0.1, 0.15) is 28.4 Å². The number of anilines is 1. The number of carbonyl (C=O) groups is 2. The van der Waals surface area contributed by atoms with Crippen LogP contribution in [0.4, 0.5) is 5.69 Å². The van der Waals surface area contributed by atoms with Crippen molar-refractivity contribution in [2.75, 3.05) is 18.6 Å². The summed E-state index contributed by atoms with van der Waals surface area (Å²) >= 11 is 0. The lowest BCUT2D eigenvalue weighted by atomic mass is 10.1. The van der Waals surface area contributed by atoms with Gasteiger partial charge in [-0.05, 0) is 66.6 Å². The molecule has 0 radical (unpaired) electrons. The maximum absolute atomic E-state index is 13.4. The Labute approximate surface area is 187 Å². The van der Waals surface area contributed by atoms with E-state index in [4.69, 9.17) is 9.47 Å². The Morgan fingerprint density at radius 1 is 0.938 bits per heavy atom. The average molecular weight is 425 g/mol. The van der Waals surface area contributed by atoms with E-state index < -0.39 is 5.97 Å². The Hall–Kier alpha value is -4.12. The molecule has 32 heavy (non-hydrogen) atoms. The molecule has 0 bridgehead atoms. The highest BCUT2D eigenvalue weighted by molar-refractivity contribution is 6.23. The number of amides is 1. The number of nitrogens with zero attached hydrogens (tertiary/aromatic N) is 1. The fourth-order valence-electron chi connectivity index (χ4n) is 3.56. The van der Waals surface area contributed by atoms with E-state index in [9.17, 15) is 9.59 Å². The number of esters is 1. The summed E-state index contributed by atoms with van der Waals surface area (Å²) in [6.07, 6.45) is 3.76. The van der Waals surface area contributed by atoms with Gasteiger partial charge in [0.1, 0.15) is 5.75 Å². The van der Waals surface area contributed by atoms with Gasteiger partial charge in [-0.3, -0.25) is 9.69 Å². The highest BCUT2D eigenvalue weighted by Gasteiger charge is 2.30. The Morgan fingerprint density at radius 2 is 1.62 bits per heavy atom. The van der Waals surface area contributed by atoms with Gasteiger partial charge in [-0.1, -0.05) is 42.5 Å². The Balaban J connectivity index is 1.72. The Kier molecular flexibility index (Phi) is 6.17. The van der Waals surface area contributed by atoms with Gasteiger partial charge in [-0.15, -0.1) is 0 Å². The molecule has 0 fully saturated rings. The molecule has 5 heteroatoms. The summed E-state index contributed by atoms with van der Waals surface area (Å²) in [7, 11) is 1.34. The maximum atomic E-state index is 13.4. The minimum absolute atomic E-state index is 0.136. The second-order valence-corrected chi connectivity index (χ2v) is 7.18. The summed E-state index contributed by atoms with van der Waals surface area (Å²) in [6.45, 7) is 2.54. The number of benzene rings is 3. The first-order valence-electron chi connectivity index (χ1n) is 10.3. The van der Waals surface area contributed by atoms with Crippen LogP contribution in [0.3, 0.4) is 0 Å². The van der Waals surface area contributed by atoms with Crippen LogP contribution < -0.4 is 9.64 Å². The van der Waals surface area contributed by atoms with Crippen molar-refractivity contribution in [1.82, 2.24) is 0 Å². The van der Waals surface area contributed by atoms with E-state index in [0.717, 1.165) is 22.6 Å². The lowest BCUT2D eigenvalue weighted by Gasteiger charge is -2.21. The molecule has 5 nitrogen and oxygen atoms in total. The number of hydrogen-bond acceptors (Lipinski definition) is 4. The third-order valence-electron chi connectivity index (χ3n) is 5.11. The van der Waals surface area contributed by atoms with E-state index in [1.807, 2.05) is 73.7 Å². The van der Waals surface area contributed by atoms with Crippen LogP contribution in [0.25, 0.3) is 11.8 Å². The highest BCUT2D eigenvalue weighted by Crippen LogP contribution is 2.35. The molecule has 0 saturated carbocycles. The van der Waals surface area contributed by atoms with Crippen LogP contribution in [0.15, 0.2) is 90.5 Å². The molecule has 0 spiro atoms. The van der Waals surface area contributed by atoms with E-state index in [0.29, 0.717) is 23.4 Å². The molecule has 1 amide bonds. The zero-order chi connectivity index (χ0) is 22.5. The van der Waals surface area contributed by atoms with Gasteiger partial charge >= 0.3 is 5.97 Å². The first kappa shape index (κ1) is 21.1. The summed E-state index contributed by atoms with van der Waals surface area (Å²) in [5, 5.41) is 0. The fraction of sp³-hybridized carbons (Fsp3) is 0.111. The molecule has 0 N–H and O–H groups in total. The van der Waals surface area contributed by atoms with E-state index in [1.165, 1.54) is 7.11 Å². The number of ether oxygens (including phenoxy) is 2. The zero-order valence-corrected chi connectivity index (χ0v) is 17.9. The monoisotopic (exact) mass is 425 g/mol. The maximum Gasteiger partial charge on any atom is 0.337 e. The standard InChI is InChI=1S/C27H23NO4/c1-3-32-24-15-9-19(10-16-24)17-22-18-25(20-7-5-4-6-8-20)28(26(22)29)23-13-11-21(12-14-23)27(30)31-2/h4-18H,3H2,1-2H3/b22-17+. The predicted molar refractivity (Wildman–Crippen MR) is 125 cm³/mol. The number of carbonyl (C=O) groups excluding carboxylic acids is 2. The molecule has 0 aliphatic carbocycles. The van der Waals surface area contributed by atoms with Crippen molar-refractivity contribution in [3.05, 3.63) is 107 Å². The molecule has 0 aromatic heterocycles. The molecule has 1 aliphatic rings. The molecule has 0 atom stereocenters. The predicted octanol–water partition coefficient (Wildman–Crippen LogP) is 5.34. The summed E-state index contributed by atoms with van der Waals surface area (Å²) in [5.41, 5.74) is 4.28. The van der Waals surface area contributed by atoms with Crippen LogP contribution in [-0.4, -0.2) is 25.6 Å². The van der Waals surface area contributed by atoms with Crippen molar-refractivity contribution >= 4 is 29.3 Å². The van der Waals surface area contributed by atoms with E-state index >= 15 is 0 Å². The van der Waals surface area contributed by atoms with Gasteiger partial charge in [0.25, 0.3) is 5.91 Å². The van der Waals surface area contributed by atoms with Gasteiger partial charge in [0, 0.05) is 11.3 Å². The SMILES string of the molecule is CCOc1ccc(/C=C2\C=C(c3ccccc3)N(c3ccc(C(=O)OC)cc3)C2=O)cc1. The second-order valence-electron chi connectivity index (χ2n) is 7.18. The van der Waals surface area contributed by atoms with Gasteiger partial charge in [0.05, 0.1) is 25.0 Å². The van der Waals surface area contributed by atoms with Crippen molar-refractivity contribution in [3.8, 4) is 5.75 Å². The smallest absolute Gasteiger partial charge is 0.337 e. The van der Waals surface area contributed by atoms with Crippen LogP contribution in [-0.2, 0) is 9.53 Å². The molecule has 3 aromatic rings. The van der Waals surface area contributed by atoms with Crippen molar-refractivity contribution in [2.24, 2.45) is 0 Å². The van der Waals surface area contributed by atoms with Gasteiger partial charge in [-0.2, -0.15) is 0 Å². The van der Waals surface area contributed by atoms with Crippen LogP contribution in [0.2, 0.25) is 0 Å². The second kappa shape index (κ2) is 9.35. The van der Waals surface area contributed by atoms with E-state index in [1.54, 1.807) is 29.2 Å². The summed E-state index contributed by atoms with van der Waals surface area (Å²) < 4.78 is 10.3. The van der Waals surface area contributed by atoms with Crippen molar-refractivity contribution in [2.45, 2.75) is 6.92 Å². The molecule has 0 unspecified atom stereocenters. The first-order valence-corrected chi connectivity index (χ1v) is 10.3. The molecule has 1 heterocycles. The zero-order valence-electron chi connectivity index (χ0n) is 17.9.